The number of unbranched alkanes of at least 4 members (excludes halogenated alkanes) is 3. The Morgan fingerprint density at radius 3 is 2.59 bits per heavy atom. The van der Waals surface area contributed by atoms with Crippen molar-refractivity contribution >= 4 is 45.8 Å². The van der Waals surface area contributed by atoms with E-state index in [-0.39, 0.29) is 11.8 Å². The lowest BCUT2D eigenvalue weighted by Gasteiger charge is -2.17. The summed E-state index contributed by atoms with van der Waals surface area (Å²) in [5, 5.41) is 4.18. The third-order valence-electron chi connectivity index (χ3n) is 4.50. The van der Waals surface area contributed by atoms with Crippen molar-refractivity contribution in [2.45, 2.75) is 32.6 Å². The molecule has 140 valence electrons. The van der Waals surface area contributed by atoms with Gasteiger partial charge in [0.05, 0.1) is 5.69 Å². The molecule has 6 heteroatoms. The van der Waals surface area contributed by atoms with Crippen LogP contribution in [0.4, 0.5) is 5.69 Å². The van der Waals surface area contributed by atoms with Crippen molar-refractivity contribution in [3.8, 4) is 0 Å². The van der Waals surface area contributed by atoms with Gasteiger partial charge in [0.1, 0.15) is 0 Å². The third kappa shape index (κ3) is 4.37. The zero-order valence-electron chi connectivity index (χ0n) is 15.2. The van der Waals surface area contributed by atoms with E-state index in [1.54, 1.807) is 29.2 Å². The van der Waals surface area contributed by atoms with E-state index in [0.717, 1.165) is 40.5 Å². The Bertz CT molecular complexity index is 865. The normalized spacial score (nSPS) is 14.5. The molecule has 0 unspecified atom stereocenters. The highest BCUT2D eigenvalue weighted by molar-refractivity contribution is 14.1. The minimum atomic E-state index is -0.329. The number of halogens is 1. The number of nitrogens with zero attached hydrogens (tertiary/aromatic N) is 2. The van der Waals surface area contributed by atoms with Crippen molar-refractivity contribution in [1.82, 2.24) is 5.43 Å². The van der Waals surface area contributed by atoms with Crippen molar-refractivity contribution in [2.24, 2.45) is 5.10 Å². The Morgan fingerprint density at radius 2 is 1.85 bits per heavy atom. The summed E-state index contributed by atoms with van der Waals surface area (Å²) < 4.78 is 1.01. The molecular formula is C21H22IN3O2. The summed E-state index contributed by atoms with van der Waals surface area (Å²) in [6, 6.07) is 14.6. The molecule has 0 aromatic heterocycles. The molecule has 0 saturated heterocycles. The lowest BCUT2D eigenvalue weighted by atomic mass is 10.1. The van der Waals surface area contributed by atoms with Gasteiger partial charge in [-0.2, -0.15) is 5.10 Å². The predicted molar refractivity (Wildman–Crippen MR) is 116 cm³/mol. The first-order valence-electron chi connectivity index (χ1n) is 9.17. The van der Waals surface area contributed by atoms with Crippen molar-refractivity contribution in [3.05, 3.63) is 63.2 Å². The minimum absolute atomic E-state index is 0.154. The number of carbonyl (C=O) groups excluding carboxylic acids is 2. The first-order chi connectivity index (χ1) is 13.1. The molecule has 3 rings (SSSR count). The number of fused-ring (bicyclic) bond motifs is 1. The standard InChI is InChI=1S/C21H22IN3O2/c1-2-3-4-8-14-25-19-16(12-9-13-17(19)22)18(21(25)27)23-24-20(26)15-10-6-5-7-11-15/h5-7,9-13H,2-4,8,14H2,1H3,(H,24,26). The highest BCUT2D eigenvalue weighted by Gasteiger charge is 2.35. The fraction of sp³-hybridized carbons (Fsp3) is 0.286. The number of para-hydroxylation sites is 1. The van der Waals surface area contributed by atoms with E-state index in [1.807, 2.05) is 24.3 Å². The molecule has 1 aliphatic heterocycles. The van der Waals surface area contributed by atoms with Gasteiger partial charge in [-0.15, -0.1) is 0 Å². The third-order valence-corrected chi connectivity index (χ3v) is 5.37. The Balaban J connectivity index is 1.82. The smallest absolute Gasteiger partial charge is 0.279 e. The minimum Gasteiger partial charge on any atom is -0.305 e. The molecule has 2 aromatic rings. The summed E-state index contributed by atoms with van der Waals surface area (Å²) in [5.74, 6) is -0.483. The average Bonchev–Trinajstić information content (AvgIpc) is 2.96. The van der Waals surface area contributed by atoms with Gasteiger partial charge in [0.15, 0.2) is 5.71 Å². The van der Waals surface area contributed by atoms with Gasteiger partial charge < -0.3 is 4.90 Å². The summed E-state index contributed by atoms with van der Waals surface area (Å²) in [4.78, 5) is 27.0. The number of hydrazone groups is 1. The van der Waals surface area contributed by atoms with Gasteiger partial charge in [0.2, 0.25) is 0 Å². The van der Waals surface area contributed by atoms with Crippen LogP contribution in [0.15, 0.2) is 53.6 Å². The fourth-order valence-electron chi connectivity index (χ4n) is 3.10. The topological polar surface area (TPSA) is 61.8 Å². The van der Waals surface area contributed by atoms with Gasteiger partial charge in [-0.1, -0.05) is 56.5 Å². The van der Waals surface area contributed by atoms with Crippen molar-refractivity contribution < 1.29 is 9.59 Å². The summed E-state index contributed by atoms with van der Waals surface area (Å²) in [6.45, 7) is 2.83. The average molecular weight is 475 g/mol. The highest BCUT2D eigenvalue weighted by atomic mass is 127. The molecule has 0 fully saturated rings. The maximum absolute atomic E-state index is 13.0. The maximum Gasteiger partial charge on any atom is 0.279 e. The summed E-state index contributed by atoms with van der Waals surface area (Å²) in [6.07, 6.45) is 4.36. The lowest BCUT2D eigenvalue weighted by Crippen LogP contribution is -2.32. The molecule has 0 spiro atoms. The van der Waals surface area contributed by atoms with Crippen LogP contribution in [-0.2, 0) is 4.79 Å². The second-order valence-corrected chi connectivity index (χ2v) is 7.58. The zero-order valence-corrected chi connectivity index (χ0v) is 17.4. The summed E-state index contributed by atoms with van der Waals surface area (Å²) in [7, 11) is 0. The molecule has 0 saturated carbocycles. The fourth-order valence-corrected chi connectivity index (χ4v) is 3.89. The Kier molecular flexibility index (Phi) is 6.60. The van der Waals surface area contributed by atoms with E-state index in [4.69, 9.17) is 0 Å². The number of hydrogen-bond acceptors (Lipinski definition) is 3. The molecule has 1 heterocycles. The maximum atomic E-state index is 13.0. The van der Waals surface area contributed by atoms with E-state index < -0.39 is 0 Å². The van der Waals surface area contributed by atoms with Gasteiger partial charge in [-0.05, 0) is 47.2 Å². The van der Waals surface area contributed by atoms with Crippen molar-refractivity contribution in [3.63, 3.8) is 0 Å². The Labute approximate surface area is 173 Å². The van der Waals surface area contributed by atoms with E-state index in [1.165, 1.54) is 0 Å². The second kappa shape index (κ2) is 9.12. The molecule has 0 atom stereocenters. The van der Waals surface area contributed by atoms with Crippen LogP contribution in [0.3, 0.4) is 0 Å². The molecule has 0 aliphatic carbocycles. The van der Waals surface area contributed by atoms with Crippen LogP contribution < -0.4 is 10.3 Å². The van der Waals surface area contributed by atoms with E-state index in [2.05, 4.69) is 40.0 Å². The highest BCUT2D eigenvalue weighted by Crippen LogP contribution is 2.34. The molecule has 1 aliphatic rings. The van der Waals surface area contributed by atoms with Crippen LogP contribution in [-0.4, -0.2) is 24.1 Å². The molecular weight excluding hydrogens is 453 g/mol. The van der Waals surface area contributed by atoms with Gasteiger partial charge >= 0.3 is 0 Å². The van der Waals surface area contributed by atoms with Gasteiger partial charge in [0.25, 0.3) is 11.8 Å². The van der Waals surface area contributed by atoms with Crippen molar-refractivity contribution in [1.29, 1.82) is 0 Å². The van der Waals surface area contributed by atoms with Crippen molar-refractivity contribution in [2.75, 3.05) is 11.4 Å². The number of benzene rings is 2. The molecule has 2 aromatic carbocycles. The van der Waals surface area contributed by atoms with Crippen LogP contribution in [0, 0.1) is 3.57 Å². The van der Waals surface area contributed by atoms with Crippen LogP contribution in [0.5, 0.6) is 0 Å². The Morgan fingerprint density at radius 1 is 1.07 bits per heavy atom. The molecule has 0 bridgehead atoms. The number of hydrogen-bond donors (Lipinski definition) is 1. The van der Waals surface area contributed by atoms with E-state index in [9.17, 15) is 9.59 Å². The van der Waals surface area contributed by atoms with Crippen LogP contribution in [0.25, 0.3) is 0 Å². The number of rotatable bonds is 7. The van der Waals surface area contributed by atoms with E-state index >= 15 is 0 Å². The summed E-state index contributed by atoms with van der Waals surface area (Å²) >= 11 is 2.24. The monoisotopic (exact) mass is 475 g/mol. The first-order valence-corrected chi connectivity index (χ1v) is 10.2. The largest absolute Gasteiger partial charge is 0.305 e. The van der Waals surface area contributed by atoms with Crippen LogP contribution in [0.1, 0.15) is 48.5 Å². The molecule has 2 amide bonds. The van der Waals surface area contributed by atoms with Crippen LogP contribution in [0.2, 0.25) is 0 Å². The molecule has 1 N–H and O–H groups in total. The number of nitrogens with one attached hydrogen (secondary N) is 1. The van der Waals surface area contributed by atoms with Gasteiger partial charge in [-0.25, -0.2) is 5.43 Å². The SMILES string of the molecule is CCCCCCN1C(=O)C(=NNC(=O)c2ccccc2)c2cccc(I)c21. The molecule has 0 radical (unpaired) electrons. The van der Waals surface area contributed by atoms with Gasteiger partial charge in [-0.3, -0.25) is 9.59 Å². The lowest BCUT2D eigenvalue weighted by molar-refractivity contribution is -0.112. The van der Waals surface area contributed by atoms with Gasteiger partial charge in [0, 0.05) is 21.2 Å². The number of anilines is 1. The molecule has 5 nitrogen and oxygen atoms in total. The first kappa shape index (κ1) is 19.5. The van der Waals surface area contributed by atoms with E-state index in [0.29, 0.717) is 17.8 Å². The second-order valence-electron chi connectivity index (χ2n) is 6.42. The number of carbonyl (C=O) groups is 2. The van der Waals surface area contributed by atoms with Crippen LogP contribution >= 0.6 is 22.6 Å². The quantitative estimate of drug-likeness (QED) is 0.368. The predicted octanol–water partition coefficient (Wildman–Crippen LogP) is 4.35. The molecule has 27 heavy (non-hydrogen) atoms. The zero-order chi connectivity index (χ0) is 19.2. The Hall–Kier alpha value is -2.22. The number of amides is 2. The summed E-state index contributed by atoms with van der Waals surface area (Å²) in [5.41, 5.74) is 5.00.